The lowest BCUT2D eigenvalue weighted by Crippen LogP contribution is -2.38. The van der Waals surface area contributed by atoms with Gasteiger partial charge in [0, 0.05) is 20.1 Å². The second kappa shape index (κ2) is 14.5. The first-order chi connectivity index (χ1) is 13.3. The van der Waals surface area contributed by atoms with Crippen LogP contribution in [0.2, 0.25) is 0 Å². The standard InChI is InChI=1S/C21H33N3O3.HI/c1-4-27-20-16-18(7-8-19(20)25-3)6-5-12-23-21(22-2)24-13-9-17-10-14-26-15-11-17;/h7-8,10,16H,4-6,9,11-15H2,1-3H3,(H2,22,23,24);1H. The van der Waals surface area contributed by atoms with Crippen LogP contribution < -0.4 is 20.1 Å². The minimum atomic E-state index is 0. The van der Waals surface area contributed by atoms with E-state index in [0.717, 1.165) is 69.4 Å². The third kappa shape index (κ3) is 8.68. The summed E-state index contributed by atoms with van der Waals surface area (Å²) < 4.78 is 16.3. The van der Waals surface area contributed by atoms with E-state index in [1.807, 2.05) is 13.0 Å². The van der Waals surface area contributed by atoms with Crippen LogP contribution in [0, 0.1) is 0 Å². The van der Waals surface area contributed by atoms with Crippen LogP contribution in [-0.4, -0.2) is 53.0 Å². The maximum Gasteiger partial charge on any atom is 0.190 e. The molecule has 1 aromatic carbocycles. The fourth-order valence-corrected chi connectivity index (χ4v) is 3.00. The molecule has 0 bridgehead atoms. The Morgan fingerprint density at radius 2 is 2.00 bits per heavy atom. The van der Waals surface area contributed by atoms with E-state index in [1.54, 1.807) is 14.2 Å². The molecule has 0 aliphatic carbocycles. The van der Waals surface area contributed by atoms with E-state index in [-0.39, 0.29) is 24.0 Å². The van der Waals surface area contributed by atoms with Crippen molar-refractivity contribution in [3.63, 3.8) is 0 Å². The second-order valence-electron chi connectivity index (χ2n) is 6.38. The Bertz CT molecular complexity index is 635. The van der Waals surface area contributed by atoms with Gasteiger partial charge in [-0.3, -0.25) is 4.99 Å². The Kier molecular flexibility index (Phi) is 12.7. The van der Waals surface area contributed by atoms with Gasteiger partial charge in [0.1, 0.15) is 0 Å². The molecule has 2 N–H and O–H groups in total. The van der Waals surface area contributed by atoms with Crippen LogP contribution in [0.25, 0.3) is 0 Å². The topological polar surface area (TPSA) is 64.1 Å². The van der Waals surface area contributed by atoms with Gasteiger partial charge < -0.3 is 24.8 Å². The van der Waals surface area contributed by atoms with Crippen molar-refractivity contribution in [2.75, 3.05) is 47.1 Å². The van der Waals surface area contributed by atoms with Crippen LogP contribution in [0.4, 0.5) is 0 Å². The lowest BCUT2D eigenvalue weighted by molar-refractivity contribution is 0.153. The van der Waals surface area contributed by atoms with Gasteiger partial charge in [-0.2, -0.15) is 0 Å². The van der Waals surface area contributed by atoms with E-state index in [0.29, 0.717) is 6.61 Å². The van der Waals surface area contributed by atoms with Gasteiger partial charge in [0.25, 0.3) is 0 Å². The molecule has 0 amide bonds. The highest BCUT2D eigenvalue weighted by Crippen LogP contribution is 2.28. The molecular weight excluding hydrogens is 469 g/mol. The number of nitrogens with one attached hydrogen (secondary N) is 2. The summed E-state index contributed by atoms with van der Waals surface area (Å²) in [5.74, 6) is 2.45. The van der Waals surface area contributed by atoms with Crippen molar-refractivity contribution in [1.29, 1.82) is 0 Å². The molecule has 2 rings (SSSR count). The van der Waals surface area contributed by atoms with E-state index in [4.69, 9.17) is 14.2 Å². The summed E-state index contributed by atoms with van der Waals surface area (Å²) in [5, 5.41) is 6.76. The average molecular weight is 503 g/mol. The average Bonchev–Trinajstić information content (AvgIpc) is 2.71. The van der Waals surface area contributed by atoms with Gasteiger partial charge in [0.15, 0.2) is 17.5 Å². The molecule has 1 aliphatic heterocycles. The summed E-state index contributed by atoms with van der Waals surface area (Å²) in [4.78, 5) is 4.29. The van der Waals surface area contributed by atoms with Crippen LogP contribution in [-0.2, 0) is 11.2 Å². The predicted octanol–water partition coefficient (Wildman–Crippen LogP) is 3.55. The van der Waals surface area contributed by atoms with Crippen molar-refractivity contribution in [1.82, 2.24) is 10.6 Å². The lowest BCUT2D eigenvalue weighted by Gasteiger charge is -2.15. The molecule has 7 heteroatoms. The molecule has 0 spiro atoms. The molecule has 0 unspecified atom stereocenters. The molecule has 0 aromatic heterocycles. The summed E-state index contributed by atoms with van der Waals surface area (Å²) in [6.45, 7) is 5.96. The van der Waals surface area contributed by atoms with Crippen molar-refractivity contribution >= 4 is 29.9 Å². The van der Waals surface area contributed by atoms with Crippen molar-refractivity contribution < 1.29 is 14.2 Å². The Labute approximate surface area is 186 Å². The van der Waals surface area contributed by atoms with Crippen molar-refractivity contribution in [3.8, 4) is 11.5 Å². The largest absolute Gasteiger partial charge is 0.493 e. The number of guanidine groups is 1. The molecule has 0 radical (unpaired) electrons. The Balaban J connectivity index is 0.00000392. The number of aliphatic imine (C=N–C) groups is 1. The molecule has 1 aromatic rings. The van der Waals surface area contributed by atoms with Crippen molar-refractivity contribution in [3.05, 3.63) is 35.4 Å². The quantitative estimate of drug-likeness (QED) is 0.168. The summed E-state index contributed by atoms with van der Waals surface area (Å²) in [7, 11) is 3.47. The number of nitrogens with zero attached hydrogens (tertiary/aromatic N) is 1. The van der Waals surface area contributed by atoms with Crippen molar-refractivity contribution in [2.24, 2.45) is 4.99 Å². The number of rotatable bonds is 10. The van der Waals surface area contributed by atoms with Crippen LogP contribution in [0.15, 0.2) is 34.8 Å². The minimum absolute atomic E-state index is 0. The molecule has 158 valence electrons. The molecule has 1 heterocycles. The molecule has 28 heavy (non-hydrogen) atoms. The first-order valence-corrected chi connectivity index (χ1v) is 9.76. The fraction of sp³-hybridized carbons (Fsp3) is 0.571. The lowest BCUT2D eigenvalue weighted by atomic mass is 10.1. The Hall–Kier alpha value is -1.48. The van der Waals surface area contributed by atoms with E-state index in [1.165, 1.54) is 11.1 Å². The van der Waals surface area contributed by atoms with E-state index in [2.05, 4.69) is 33.8 Å². The first-order valence-electron chi connectivity index (χ1n) is 9.76. The maximum atomic E-state index is 5.64. The van der Waals surface area contributed by atoms with Gasteiger partial charge >= 0.3 is 0 Å². The van der Waals surface area contributed by atoms with Gasteiger partial charge in [-0.15, -0.1) is 24.0 Å². The summed E-state index contributed by atoms with van der Waals surface area (Å²) >= 11 is 0. The first kappa shape index (κ1) is 24.6. The van der Waals surface area contributed by atoms with Gasteiger partial charge in [0.2, 0.25) is 0 Å². The molecule has 0 saturated carbocycles. The number of hydrogen-bond donors (Lipinski definition) is 2. The Morgan fingerprint density at radius 1 is 1.18 bits per heavy atom. The molecule has 0 saturated heterocycles. The fourth-order valence-electron chi connectivity index (χ4n) is 3.00. The number of aryl methyl sites for hydroxylation is 1. The van der Waals surface area contributed by atoms with Crippen LogP contribution in [0.3, 0.4) is 0 Å². The van der Waals surface area contributed by atoms with Gasteiger partial charge in [-0.1, -0.05) is 17.7 Å². The van der Waals surface area contributed by atoms with E-state index in [9.17, 15) is 0 Å². The zero-order valence-corrected chi connectivity index (χ0v) is 19.6. The summed E-state index contributed by atoms with van der Waals surface area (Å²) in [6, 6.07) is 6.13. The smallest absolute Gasteiger partial charge is 0.190 e. The molecule has 0 fully saturated rings. The predicted molar refractivity (Wildman–Crippen MR) is 125 cm³/mol. The van der Waals surface area contributed by atoms with Gasteiger partial charge in [0.05, 0.1) is 26.9 Å². The molecule has 0 atom stereocenters. The van der Waals surface area contributed by atoms with Gasteiger partial charge in [-0.05, 0) is 50.3 Å². The number of methoxy groups -OCH3 is 1. The molecule has 6 nitrogen and oxygen atoms in total. The monoisotopic (exact) mass is 503 g/mol. The summed E-state index contributed by atoms with van der Waals surface area (Å²) in [6.07, 6.45) is 6.25. The molecule has 1 aliphatic rings. The molecular formula is C21H34IN3O3. The zero-order valence-electron chi connectivity index (χ0n) is 17.3. The maximum absolute atomic E-state index is 5.64. The minimum Gasteiger partial charge on any atom is -0.493 e. The zero-order chi connectivity index (χ0) is 19.3. The van der Waals surface area contributed by atoms with E-state index < -0.39 is 0 Å². The third-order valence-corrected chi connectivity index (χ3v) is 4.48. The summed E-state index contributed by atoms with van der Waals surface area (Å²) in [5.41, 5.74) is 2.71. The van der Waals surface area contributed by atoms with Crippen LogP contribution in [0.5, 0.6) is 11.5 Å². The number of halogens is 1. The highest BCUT2D eigenvalue weighted by Gasteiger charge is 2.06. The number of hydrogen-bond acceptors (Lipinski definition) is 4. The van der Waals surface area contributed by atoms with Crippen LogP contribution in [0.1, 0.15) is 31.7 Å². The highest BCUT2D eigenvalue weighted by molar-refractivity contribution is 14.0. The normalized spacial score (nSPS) is 14.0. The SMILES string of the molecule is CCOc1cc(CCCNC(=NC)NCCC2=CCOCC2)ccc1OC.I. The van der Waals surface area contributed by atoms with E-state index >= 15 is 0 Å². The van der Waals surface area contributed by atoms with Gasteiger partial charge in [-0.25, -0.2) is 0 Å². The second-order valence-corrected chi connectivity index (χ2v) is 6.38. The third-order valence-electron chi connectivity index (χ3n) is 4.48. The van der Waals surface area contributed by atoms with Crippen molar-refractivity contribution in [2.45, 2.75) is 32.6 Å². The Morgan fingerprint density at radius 3 is 2.68 bits per heavy atom. The number of ether oxygens (including phenoxy) is 3. The number of benzene rings is 1. The highest BCUT2D eigenvalue weighted by atomic mass is 127. The van der Waals surface area contributed by atoms with Crippen LogP contribution >= 0.6 is 24.0 Å².